The number of ether oxygens (including phenoxy) is 1. The van der Waals surface area contributed by atoms with E-state index in [2.05, 4.69) is 18.9 Å². The zero-order valence-corrected chi connectivity index (χ0v) is 10.0. The summed E-state index contributed by atoms with van der Waals surface area (Å²) in [5.41, 5.74) is 0.998. The first-order valence-corrected chi connectivity index (χ1v) is 5.49. The zero-order chi connectivity index (χ0) is 12.0. The van der Waals surface area contributed by atoms with Crippen molar-refractivity contribution in [3.63, 3.8) is 0 Å². The fourth-order valence-corrected chi connectivity index (χ4v) is 1.23. The van der Waals surface area contributed by atoms with Crippen LogP contribution in [0.5, 0.6) is 0 Å². The number of carbonyl (C=O) groups is 1. The van der Waals surface area contributed by atoms with E-state index in [1.54, 1.807) is 19.2 Å². The SMILES string of the molecule is CCOC(=O)CC=Cc1cnn(C(C)C)c1. The summed E-state index contributed by atoms with van der Waals surface area (Å²) in [7, 11) is 0. The van der Waals surface area contributed by atoms with Crippen molar-refractivity contribution in [2.24, 2.45) is 0 Å². The number of hydrogen-bond acceptors (Lipinski definition) is 3. The van der Waals surface area contributed by atoms with E-state index in [0.29, 0.717) is 19.1 Å². The lowest BCUT2D eigenvalue weighted by molar-refractivity contribution is -0.142. The van der Waals surface area contributed by atoms with Crippen LogP contribution in [-0.4, -0.2) is 22.4 Å². The predicted molar refractivity (Wildman–Crippen MR) is 62.9 cm³/mol. The maximum atomic E-state index is 11.1. The normalized spacial score (nSPS) is 11.2. The highest BCUT2D eigenvalue weighted by Crippen LogP contribution is 2.07. The lowest BCUT2D eigenvalue weighted by atomic mass is 10.3. The van der Waals surface area contributed by atoms with E-state index in [0.717, 1.165) is 5.56 Å². The Morgan fingerprint density at radius 3 is 2.94 bits per heavy atom. The molecule has 0 spiro atoms. The van der Waals surface area contributed by atoms with E-state index in [9.17, 15) is 4.79 Å². The molecule has 0 aliphatic rings. The van der Waals surface area contributed by atoms with Gasteiger partial charge in [0.1, 0.15) is 0 Å². The predicted octanol–water partition coefficient (Wildman–Crippen LogP) is 2.43. The Morgan fingerprint density at radius 1 is 1.62 bits per heavy atom. The van der Waals surface area contributed by atoms with E-state index in [1.165, 1.54) is 0 Å². The minimum Gasteiger partial charge on any atom is -0.466 e. The van der Waals surface area contributed by atoms with Crippen molar-refractivity contribution in [2.75, 3.05) is 6.61 Å². The van der Waals surface area contributed by atoms with Gasteiger partial charge < -0.3 is 4.74 Å². The Bertz CT molecular complexity index is 367. The molecule has 0 aliphatic carbocycles. The topological polar surface area (TPSA) is 44.1 Å². The number of carbonyl (C=O) groups excluding carboxylic acids is 1. The van der Waals surface area contributed by atoms with Crippen LogP contribution in [0.2, 0.25) is 0 Å². The standard InChI is InChI=1S/C12H18N2O2/c1-4-16-12(15)7-5-6-11-8-13-14(9-11)10(2)3/h5-6,8-10H,4,7H2,1-3H3. The highest BCUT2D eigenvalue weighted by Gasteiger charge is 2.00. The van der Waals surface area contributed by atoms with Crippen LogP contribution < -0.4 is 0 Å². The van der Waals surface area contributed by atoms with Gasteiger partial charge in [0.15, 0.2) is 0 Å². The van der Waals surface area contributed by atoms with Gasteiger partial charge in [0.05, 0.1) is 19.2 Å². The number of rotatable bonds is 5. The second-order valence-corrected chi connectivity index (χ2v) is 3.76. The van der Waals surface area contributed by atoms with Gasteiger partial charge in [-0.05, 0) is 20.8 Å². The average Bonchev–Trinajstić information content (AvgIpc) is 2.67. The monoisotopic (exact) mass is 222 g/mol. The van der Waals surface area contributed by atoms with Crippen LogP contribution in [-0.2, 0) is 9.53 Å². The van der Waals surface area contributed by atoms with Crippen LogP contribution in [0.4, 0.5) is 0 Å². The van der Waals surface area contributed by atoms with Crippen molar-refractivity contribution in [1.82, 2.24) is 9.78 Å². The summed E-state index contributed by atoms with van der Waals surface area (Å²) in [6, 6.07) is 0.354. The van der Waals surface area contributed by atoms with Gasteiger partial charge in [-0.2, -0.15) is 5.10 Å². The second-order valence-electron chi connectivity index (χ2n) is 3.76. The van der Waals surface area contributed by atoms with Gasteiger partial charge in [-0.1, -0.05) is 12.2 Å². The Balaban J connectivity index is 2.46. The third-order valence-electron chi connectivity index (χ3n) is 2.05. The number of esters is 1. The molecule has 0 radical (unpaired) electrons. The molecule has 1 heterocycles. The van der Waals surface area contributed by atoms with Crippen molar-refractivity contribution in [3.05, 3.63) is 24.0 Å². The van der Waals surface area contributed by atoms with Crippen molar-refractivity contribution >= 4 is 12.0 Å². The smallest absolute Gasteiger partial charge is 0.309 e. The average molecular weight is 222 g/mol. The minimum atomic E-state index is -0.199. The number of hydrogen-bond donors (Lipinski definition) is 0. The van der Waals surface area contributed by atoms with E-state index in [-0.39, 0.29) is 5.97 Å². The quantitative estimate of drug-likeness (QED) is 0.719. The lowest BCUT2D eigenvalue weighted by Crippen LogP contribution is -2.01. The lowest BCUT2D eigenvalue weighted by Gasteiger charge is -2.02. The van der Waals surface area contributed by atoms with Crippen molar-refractivity contribution < 1.29 is 9.53 Å². The van der Waals surface area contributed by atoms with E-state index < -0.39 is 0 Å². The molecule has 0 saturated carbocycles. The summed E-state index contributed by atoms with van der Waals surface area (Å²) < 4.78 is 6.69. The first kappa shape index (κ1) is 12.5. The van der Waals surface area contributed by atoms with Gasteiger partial charge in [0.2, 0.25) is 0 Å². The van der Waals surface area contributed by atoms with Gasteiger partial charge in [-0.15, -0.1) is 0 Å². The molecule has 0 saturated heterocycles. The summed E-state index contributed by atoms with van der Waals surface area (Å²) in [6.07, 6.45) is 7.71. The Morgan fingerprint density at radius 2 is 2.38 bits per heavy atom. The largest absolute Gasteiger partial charge is 0.466 e. The Hall–Kier alpha value is -1.58. The summed E-state index contributed by atoms with van der Waals surface area (Å²) in [6.45, 7) is 6.37. The molecule has 0 aromatic carbocycles. The molecule has 4 heteroatoms. The molecule has 0 amide bonds. The van der Waals surface area contributed by atoms with Gasteiger partial charge in [0.25, 0.3) is 0 Å². The van der Waals surface area contributed by atoms with E-state index >= 15 is 0 Å². The molecule has 1 rings (SSSR count). The molecule has 1 aromatic rings. The number of nitrogens with zero attached hydrogens (tertiary/aromatic N) is 2. The molecule has 0 N–H and O–H groups in total. The molecule has 0 fully saturated rings. The first-order valence-electron chi connectivity index (χ1n) is 5.49. The van der Waals surface area contributed by atoms with Crippen LogP contribution in [0, 0.1) is 0 Å². The van der Waals surface area contributed by atoms with Gasteiger partial charge in [0, 0.05) is 17.8 Å². The maximum absolute atomic E-state index is 11.1. The second kappa shape index (κ2) is 6.10. The molecule has 16 heavy (non-hydrogen) atoms. The van der Waals surface area contributed by atoms with Crippen molar-refractivity contribution in [3.8, 4) is 0 Å². The highest BCUT2D eigenvalue weighted by molar-refractivity contribution is 5.72. The van der Waals surface area contributed by atoms with Crippen molar-refractivity contribution in [1.29, 1.82) is 0 Å². The molecule has 0 atom stereocenters. The maximum Gasteiger partial charge on any atom is 0.309 e. The summed E-state index contributed by atoms with van der Waals surface area (Å²) in [5.74, 6) is -0.199. The highest BCUT2D eigenvalue weighted by atomic mass is 16.5. The first-order chi connectivity index (χ1) is 7.63. The molecule has 1 aromatic heterocycles. The van der Waals surface area contributed by atoms with Crippen LogP contribution in [0.25, 0.3) is 6.08 Å². The van der Waals surface area contributed by atoms with E-state index in [1.807, 2.05) is 17.0 Å². The van der Waals surface area contributed by atoms with Crippen LogP contribution in [0.15, 0.2) is 18.5 Å². The van der Waals surface area contributed by atoms with Crippen LogP contribution in [0.1, 0.15) is 38.8 Å². The molecule has 88 valence electrons. The summed E-state index contributed by atoms with van der Waals surface area (Å²) in [5, 5.41) is 4.20. The third kappa shape index (κ3) is 3.88. The molecular weight excluding hydrogens is 204 g/mol. The molecule has 0 aliphatic heterocycles. The number of aromatic nitrogens is 2. The fourth-order valence-electron chi connectivity index (χ4n) is 1.23. The van der Waals surface area contributed by atoms with Gasteiger partial charge in [-0.25, -0.2) is 0 Å². The molecule has 4 nitrogen and oxygen atoms in total. The molecule has 0 unspecified atom stereocenters. The summed E-state index contributed by atoms with van der Waals surface area (Å²) >= 11 is 0. The molecular formula is C12H18N2O2. The third-order valence-corrected chi connectivity index (χ3v) is 2.05. The van der Waals surface area contributed by atoms with Gasteiger partial charge in [-0.3, -0.25) is 9.48 Å². The Kier molecular flexibility index (Phi) is 4.76. The summed E-state index contributed by atoms with van der Waals surface area (Å²) in [4.78, 5) is 11.1. The van der Waals surface area contributed by atoms with Crippen LogP contribution in [0.3, 0.4) is 0 Å². The fraction of sp³-hybridized carbons (Fsp3) is 0.500. The van der Waals surface area contributed by atoms with Gasteiger partial charge >= 0.3 is 5.97 Å². The minimum absolute atomic E-state index is 0.199. The van der Waals surface area contributed by atoms with E-state index in [4.69, 9.17) is 4.74 Å². The molecule has 0 bridgehead atoms. The zero-order valence-electron chi connectivity index (χ0n) is 10.0. The Labute approximate surface area is 95.9 Å². The van der Waals surface area contributed by atoms with Crippen molar-refractivity contribution in [2.45, 2.75) is 33.2 Å². The van der Waals surface area contributed by atoms with Crippen LogP contribution >= 0.6 is 0 Å².